The third kappa shape index (κ3) is 4.30. The SMILES string of the molecule is COc1ccccc1NC(=O)CSc1nnc(-c2ccco2)c(-c2ccco2)n1. The van der Waals surface area contributed by atoms with Gasteiger partial charge >= 0.3 is 0 Å². The lowest BCUT2D eigenvalue weighted by Gasteiger charge is -2.09. The Morgan fingerprint density at radius 1 is 1.00 bits per heavy atom. The number of hydrogen-bond donors (Lipinski definition) is 1. The van der Waals surface area contributed by atoms with E-state index in [1.165, 1.54) is 11.8 Å². The first-order valence-corrected chi connectivity index (χ1v) is 9.61. The zero-order valence-corrected chi connectivity index (χ0v) is 16.2. The molecule has 8 nitrogen and oxygen atoms in total. The molecule has 146 valence electrons. The lowest BCUT2D eigenvalue weighted by Crippen LogP contribution is -2.15. The van der Waals surface area contributed by atoms with Crippen LogP contribution in [0.1, 0.15) is 0 Å². The first kappa shape index (κ1) is 18.8. The van der Waals surface area contributed by atoms with E-state index < -0.39 is 0 Å². The number of aromatic nitrogens is 3. The van der Waals surface area contributed by atoms with Gasteiger partial charge in [-0.3, -0.25) is 4.79 Å². The molecule has 0 bridgehead atoms. The smallest absolute Gasteiger partial charge is 0.234 e. The predicted molar refractivity (Wildman–Crippen MR) is 108 cm³/mol. The molecule has 0 atom stereocenters. The number of benzene rings is 1. The number of rotatable bonds is 7. The number of nitrogens with zero attached hydrogens (tertiary/aromatic N) is 3. The number of amides is 1. The van der Waals surface area contributed by atoms with Crippen LogP contribution in [0.25, 0.3) is 22.9 Å². The minimum atomic E-state index is -0.210. The molecule has 1 amide bonds. The van der Waals surface area contributed by atoms with Crippen molar-refractivity contribution in [2.24, 2.45) is 0 Å². The molecule has 0 saturated carbocycles. The standard InChI is InChI=1S/C20H16N4O4S/c1-26-14-7-3-2-6-13(14)21-17(25)12-29-20-22-18(15-8-4-10-27-15)19(23-24-20)16-9-5-11-28-16/h2-11H,12H2,1H3,(H,21,25). The van der Waals surface area contributed by atoms with E-state index in [4.69, 9.17) is 13.6 Å². The van der Waals surface area contributed by atoms with Crippen LogP contribution in [0.2, 0.25) is 0 Å². The van der Waals surface area contributed by atoms with Gasteiger partial charge in [0, 0.05) is 0 Å². The highest BCUT2D eigenvalue weighted by Crippen LogP contribution is 2.30. The Balaban J connectivity index is 1.51. The molecule has 0 aliphatic heterocycles. The molecular weight excluding hydrogens is 392 g/mol. The first-order chi connectivity index (χ1) is 14.2. The second kappa shape index (κ2) is 8.61. The van der Waals surface area contributed by atoms with Crippen LogP contribution in [-0.4, -0.2) is 34.0 Å². The van der Waals surface area contributed by atoms with Gasteiger partial charge in [-0.1, -0.05) is 23.9 Å². The highest BCUT2D eigenvalue weighted by molar-refractivity contribution is 7.99. The maximum atomic E-state index is 12.3. The van der Waals surface area contributed by atoms with E-state index >= 15 is 0 Å². The number of furan rings is 2. The second-order valence-corrected chi connectivity index (χ2v) is 6.73. The summed E-state index contributed by atoms with van der Waals surface area (Å²) in [5, 5.41) is 11.5. The fourth-order valence-electron chi connectivity index (χ4n) is 2.60. The van der Waals surface area contributed by atoms with Crippen LogP contribution in [0.4, 0.5) is 5.69 Å². The fourth-order valence-corrected chi connectivity index (χ4v) is 3.19. The maximum absolute atomic E-state index is 12.3. The minimum absolute atomic E-state index is 0.109. The Morgan fingerprint density at radius 2 is 1.72 bits per heavy atom. The summed E-state index contributed by atoms with van der Waals surface area (Å²) >= 11 is 1.17. The van der Waals surface area contributed by atoms with Gasteiger partial charge in [0.15, 0.2) is 17.2 Å². The fraction of sp³-hybridized carbons (Fsp3) is 0.100. The Morgan fingerprint density at radius 3 is 2.41 bits per heavy atom. The van der Waals surface area contributed by atoms with Gasteiger partial charge in [-0.2, -0.15) is 0 Å². The summed E-state index contributed by atoms with van der Waals surface area (Å²) in [6, 6.07) is 14.3. The van der Waals surface area contributed by atoms with E-state index in [9.17, 15) is 4.79 Å². The first-order valence-electron chi connectivity index (χ1n) is 8.62. The van der Waals surface area contributed by atoms with E-state index in [1.807, 2.05) is 12.1 Å². The molecule has 0 fully saturated rings. The largest absolute Gasteiger partial charge is 0.495 e. The Hall–Kier alpha value is -3.59. The van der Waals surface area contributed by atoms with Crippen LogP contribution in [0, 0.1) is 0 Å². The van der Waals surface area contributed by atoms with Gasteiger partial charge in [-0.15, -0.1) is 10.2 Å². The number of anilines is 1. The molecular formula is C20H16N4O4S. The van der Waals surface area contributed by atoms with Crippen molar-refractivity contribution in [3.63, 3.8) is 0 Å². The summed E-state index contributed by atoms with van der Waals surface area (Å²) in [5.74, 6) is 1.55. The summed E-state index contributed by atoms with van der Waals surface area (Å²) in [4.78, 5) is 16.8. The van der Waals surface area contributed by atoms with Crippen molar-refractivity contribution in [3.05, 3.63) is 61.1 Å². The molecule has 1 aromatic carbocycles. The van der Waals surface area contributed by atoms with Gasteiger partial charge in [0.05, 0.1) is 31.1 Å². The summed E-state index contributed by atoms with van der Waals surface area (Å²) in [7, 11) is 1.55. The van der Waals surface area contributed by atoms with Gasteiger partial charge in [-0.25, -0.2) is 4.98 Å². The van der Waals surface area contributed by atoms with Crippen LogP contribution >= 0.6 is 11.8 Å². The molecule has 9 heteroatoms. The third-order valence-corrected chi connectivity index (χ3v) is 4.73. The van der Waals surface area contributed by atoms with Crippen LogP contribution in [0.15, 0.2) is 75.0 Å². The topological polar surface area (TPSA) is 103 Å². The van der Waals surface area contributed by atoms with E-state index in [1.54, 1.807) is 56.0 Å². The second-order valence-electron chi connectivity index (χ2n) is 5.78. The zero-order chi connectivity index (χ0) is 20.1. The zero-order valence-electron chi connectivity index (χ0n) is 15.4. The maximum Gasteiger partial charge on any atom is 0.234 e. The Labute approximate surface area is 170 Å². The van der Waals surface area contributed by atoms with Crippen molar-refractivity contribution in [2.45, 2.75) is 5.16 Å². The van der Waals surface area contributed by atoms with Gasteiger partial charge in [-0.05, 0) is 36.4 Å². The summed E-state index contributed by atoms with van der Waals surface area (Å²) in [6.07, 6.45) is 3.10. The number of carbonyl (C=O) groups is 1. The number of carbonyl (C=O) groups excluding carboxylic acids is 1. The normalized spacial score (nSPS) is 10.7. The van der Waals surface area contributed by atoms with E-state index in [-0.39, 0.29) is 11.7 Å². The Kier molecular flexibility index (Phi) is 5.57. The molecule has 4 aromatic rings. The predicted octanol–water partition coefficient (Wildman–Crippen LogP) is 4.13. The van der Waals surface area contributed by atoms with Gasteiger partial charge < -0.3 is 18.9 Å². The van der Waals surface area contributed by atoms with Crippen molar-refractivity contribution in [2.75, 3.05) is 18.2 Å². The molecule has 0 aliphatic rings. The molecule has 3 heterocycles. The highest BCUT2D eigenvalue weighted by Gasteiger charge is 2.18. The lowest BCUT2D eigenvalue weighted by atomic mass is 10.2. The lowest BCUT2D eigenvalue weighted by molar-refractivity contribution is -0.113. The number of ether oxygens (including phenoxy) is 1. The third-order valence-electron chi connectivity index (χ3n) is 3.89. The van der Waals surface area contributed by atoms with Crippen molar-refractivity contribution >= 4 is 23.4 Å². The molecule has 3 aromatic heterocycles. The average Bonchev–Trinajstić information content (AvgIpc) is 3.46. The number of nitrogens with one attached hydrogen (secondary N) is 1. The molecule has 0 unspecified atom stereocenters. The number of methoxy groups -OCH3 is 1. The van der Waals surface area contributed by atoms with Gasteiger partial charge in [0.25, 0.3) is 0 Å². The van der Waals surface area contributed by atoms with Gasteiger partial charge in [0.2, 0.25) is 11.1 Å². The van der Waals surface area contributed by atoms with Crippen molar-refractivity contribution in [1.29, 1.82) is 0 Å². The van der Waals surface area contributed by atoms with E-state index in [0.29, 0.717) is 39.5 Å². The highest BCUT2D eigenvalue weighted by atomic mass is 32.2. The number of hydrogen-bond acceptors (Lipinski definition) is 8. The quantitative estimate of drug-likeness (QED) is 0.455. The summed E-state index contributed by atoms with van der Waals surface area (Å²) in [5.41, 5.74) is 1.56. The summed E-state index contributed by atoms with van der Waals surface area (Å²) < 4.78 is 16.1. The van der Waals surface area contributed by atoms with Crippen molar-refractivity contribution in [3.8, 4) is 28.7 Å². The van der Waals surface area contributed by atoms with Crippen molar-refractivity contribution in [1.82, 2.24) is 15.2 Å². The van der Waals surface area contributed by atoms with Gasteiger partial charge in [0.1, 0.15) is 11.4 Å². The number of thioether (sulfide) groups is 1. The average molecular weight is 408 g/mol. The molecule has 0 radical (unpaired) electrons. The molecule has 1 N–H and O–H groups in total. The Bertz CT molecular complexity index is 1100. The molecule has 4 rings (SSSR count). The van der Waals surface area contributed by atoms with Crippen LogP contribution in [-0.2, 0) is 4.79 Å². The van der Waals surface area contributed by atoms with Crippen LogP contribution < -0.4 is 10.1 Å². The monoisotopic (exact) mass is 408 g/mol. The molecule has 0 aliphatic carbocycles. The molecule has 29 heavy (non-hydrogen) atoms. The molecule has 0 saturated heterocycles. The number of para-hydroxylation sites is 2. The van der Waals surface area contributed by atoms with Crippen LogP contribution in [0.3, 0.4) is 0 Å². The minimum Gasteiger partial charge on any atom is -0.495 e. The summed E-state index contributed by atoms with van der Waals surface area (Å²) in [6.45, 7) is 0. The molecule has 0 spiro atoms. The van der Waals surface area contributed by atoms with E-state index in [2.05, 4.69) is 20.5 Å². The van der Waals surface area contributed by atoms with E-state index in [0.717, 1.165) is 0 Å². The van der Waals surface area contributed by atoms with Crippen molar-refractivity contribution < 1.29 is 18.4 Å². The van der Waals surface area contributed by atoms with Crippen LogP contribution in [0.5, 0.6) is 5.75 Å².